The lowest BCUT2D eigenvalue weighted by molar-refractivity contribution is 0.118. The molecule has 2 heterocycles. The van der Waals surface area contributed by atoms with Gasteiger partial charge in [-0.2, -0.15) is 5.10 Å². The van der Waals surface area contributed by atoms with E-state index in [2.05, 4.69) is 42.0 Å². The molecule has 3 aromatic rings. The lowest BCUT2D eigenvalue weighted by atomic mass is 10.0. The molecule has 6 nitrogen and oxygen atoms in total. The number of fused-ring (bicyclic) bond motifs is 1. The van der Waals surface area contributed by atoms with E-state index in [4.69, 9.17) is 9.47 Å². The van der Waals surface area contributed by atoms with E-state index < -0.39 is 6.10 Å². The van der Waals surface area contributed by atoms with Crippen LogP contribution in [0.5, 0.6) is 11.5 Å². The molecule has 0 fully saturated rings. The Hall–Kier alpha value is -2.83. The van der Waals surface area contributed by atoms with Crippen LogP contribution in [0.1, 0.15) is 29.2 Å². The molecule has 0 saturated carbocycles. The van der Waals surface area contributed by atoms with Gasteiger partial charge in [-0.25, -0.2) is 4.68 Å². The van der Waals surface area contributed by atoms with E-state index in [1.807, 2.05) is 36.0 Å². The summed E-state index contributed by atoms with van der Waals surface area (Å²) in [5.74, 6) is 1.56. The normalized spacial score (nSPS) is 13.8. The maximum absolute atomic E-state index is 10.1. The van der Waals surface area contributed by atoms with Crippen molar-refractivity contribution in [1.82, 2.24) is 14.7 Å². The van der Waals surface area contributed by atoms with Crippen LogP contribution in [0.4, 0.5) is 0 Å². The summed E-state index contributed by atoms with van der Waals surface area (Å²) >= 11 is 0. The number of hydrogen-bond acceptors (Lipinski definition) is 5. The number of rotatable bonds is 7. The molecule has 152 valence electrons. The van der Waals surface area contributed by atoms with Crippen LogP contribution in [0.25, 0.3) is 5.69 Å². The van der Waals surface area contributed by atoms with Crippen molar-refractivity contribution in [3.63, 3.8) is 0 Å². The fourth-order valence-electron chi connectivity index (χ4n) is 3.99. The Bertz CT molecular complexity index is 983. The molecule has 0 aliphatic carbocycles. The molecule has 1 aliphatic heterocycles. The van der Waals surface area contributed by atoms with Crippen LogP contribution in [0, 0.1) is 13.8 Å². The predicted molar refractivity (Wildman–Crippen MR) is 111 cm³/mol. The Morgan fingerprint density at radius 2 is 1.97 bits per heavy atom. The molecular weight excluding hydrogens is 366 g/mol. The molecule has 0 radical (unpaired) electrons. The third-order valence-corrected chi connectivity index (χ3v) is 5.02. The van der Waals surface area contributed by atoms with Crippen molar-refractivity contribution >= 4 is 0 Å². The first-order chi connectivity index (χ1) is 14.0. The molecule has 0 bridgehead atoms. The highest BCUT2D eigenvalue weighted by Gasteiger charge is 2.18. The van der Waals surface area contributed by atoms with Crippen LogP contribution in [-0.4, -0.2) is 39.2 Å². The van der Waals surface area contributed by atoms with Gasteiger partial charge in [0.2, 0.25) is 6.79 Å². The third-order valence-electron chi connectivity index (χ3n) is 5.02. The zero-order valence-corrected chi connectivity index (χ0v) is 17.1. The third kappa shape index (κ3) is 4.44. The minimum absolute atomic E-state index is 0.270. The number of aromatic nitrogens is 2. The molecule has 1 aliphatic rings. The smallest absolute Gasteiger partial charge is 0.231 e. The number of nitrogens with zero attached hydrogens (tertiary/aromatic N) is 3. The number of benzene rings is 2. The Labute approximate surface area is 171 Å². The fourth-order valence-corrected chi connectivity index (χ4v) is 3.99. The summed E-state index contributed by atoms with van der Waals surface area (Å²) in [7, 11) is 0. The van der Waals surface area contributed by atoms with Crippen LogP contribution in [0.15, 0.2) is 48.8 Å². The van der Waals surface area contributed by atoms with Crippen LogP contribution in [-0.2, 0) is 13.1 Å². The van der Waals surface area contributed by atoms with Crippen molar-refractivity contribution in [1.29, 1.82) is 0 Å². The van der Waals surface area contributed by atoms with Gasteiger partial charge in [-0.3, -0.25) is 4.90 Å². The van der Waals surface area contributed by atoms with Gasteiger partial charge in [0.25, 0.3) is 0 Å². The van der Waals surface area contributed by atoms with Crippen molar-refractivity contribution in [3.05, 3.63) is 71.0 Å². The van der Waals surface area contributed by atoms with E-state index in [0.717, 1.165) is 22.7 Å². The summed E-state index contributed by atoms with van der Waals surface area (Å²) in [4.78, 5) is 2.25. The minimum atomic E-state index is -0.428. The van der Waals surface area contributed by atoms with Crippen molar-refractivity contribution in [2.24, 2.45) is 0 Å². The molecule has 6 heteroatoms. The fraction of sp³-hybridized carbons (Fsp3) is 0.348. The summed E-state index contributed by atoms with van der Waals surface area (Å²) < 4.78 is 12.9. The molecule has 0 amide bonds. The molecular formula is C23H27N3O3. The van der Waals surface area contributed by atoms with Gasteiger partial charge < -0.3 is 14.6 Å². The zero-order chi connectivity index (χ0) is 20.4. The molecule has 2 aromatic carbocycles. The molecule has 1 atom stereocenters. The number of hydrogen-bond donors (Lipinski definition) is 1. The Balaban J connectivity index is 1.63. The van der Waals surface area contributed by atoms with E-state index in [-0.39, 0.29) is 6.79 Å². The second-order valence-corrected chi connectivity index (χ2v) is 7.75. The number of aliphatic hydroxyl groups excluding tert-OH is 1. The van der Waals surface area contributed by atoms with Gasteiger partial charge >= 0.3 is 0 Å². The molecule has 4 rings (SSSR count). The van der Waals surface area contributed by atoms with Gasteiger partial charge in [0, 0.05) is 32.0 Å². The van der Waals surface area contributed by atoms with Gasteiger partial charge in [-0.1, -0.05) is 23.8 Å². The average molecular weight is 393 g/mol. The lowest BCUT2D eigenvalue weighted by Gasteiger charge is -2.26. The summed E-state index contributed by atoms with van der Waals surface area (Å²) in [6.45, 7) is 8.29. The van der Waals surface area contributed by atoms with Crippen LogP contribution in [0.2, 0.25) is 0 Å². The molecule has 1 N–H and O–H groups in total. The Kier molecular flexibility index (Phi) is 5.56. The zero-order valence-electron chi connectivity index (χ0n) is 17.1. The van der Waals surface area contributed by atoms with Gasteiger partial charge in [-0.15, -0.1) is 0 Å². The van der Waals surface area contributed by atoms with E-state index >= 15 is 0 Å². The number of aryl methyl sites for hydroxylation is 2. The summed E-state index contributed by atoms with van der Waals surface area (Å²) in [5, 5.41) is 14.5. The first kappa shape index (κ1) is 19.5. The highest BCUT2D eigenvalue weighted by molar-refractivity contribution is 5.49. The van der Waals surface area contributed by atoms with Crippen molar-refractivity contribution in [2.45, 2.75) is 40.0 Å². The first-order valence-corrected chi connectivity index (χ1v) is 9.88. The van der Waals surface area contributed by atoms with E-state index in [0.29, 0.717) is 19.6 Å². The maximum Gasteiger partial charge on any atom is 0.231 e. The van der Waals surface area contributed by atoms with E-state index in [1.54, 1.807) is 6.20 Å². The Morgan fingerprint density at radius 1 is 1.14 bits per heavy atom. The highest BCUT2D eigenvalue weighted by atomic mass is 16.7. The Morgan fingerprint density at radius 3 is 2.72 bits per heavy atom. The van der Waals surface area contributed by atoms with Crippen molar-refractivity contribution in [2.75, 3.05) is 13.3 Å². The van der Waals surface area contributed by atoms with Crippen LogP contribution in [0.3, 0.4) is 0 Å². The van der Waals surface area contributed by atoms with Crippen molar-refractivity contribution in [3.8, 4) is 17.2 Å². The quantitative estimate of drug-likeness (QED) is 0.665. The summed E-state index contributed by atoms with van der Waals surface area (Å²) in [5.41, 5.74) is 5.81. The molecule has 29 heavy (non-hydrogen) atoms. The predicted octanol–water partition coefficient (Wildman–Crippen LogP) is 3.60. The lowest BCUT2D eigenvalue weighted by Crippen LogP contribution is -2.30. The largest absolute Gasteiger partial charge is 0.454 e. The first-order valence-electron chi connectivity index (χ1n) is 9.88. The monoisotopic (exact) mass is 393 g/mol. The molecule has 1 aromatic heterocycles. The SMILES string of the molecule is Cc1cc(C)c(-n2cccn2)c(CN(Cc2ccc3c(c2)OCO3)C[C@@H](C)O)c1. The summed E-state index contributed by atoms with van der Waals surface area (Å²) in [6.07, 6.45) is 3.34. The average Bonchev–Trinajstić information content (AvgIpc) is 3.31. The summed E-state index contributed by atoms with van der Waals surface area (Å²) in [6, 6.07) is 12.3. The standard InChI is InChI=1S/C23H27N3O3/c1-16-9-17(2)23(26-8-4-7-24-26)20(10-16)14-25(12-18(3)27)13-19-5-6-21-22(11-19)29-15-28-21/h4-11,18,27H,12-15H2,1-3H3/t18-/m1/s1. The van der Waals surface area contributed by atoms with Gasteiger partial charge in [0.15, 0.2) is 11.5 Å². The number of ether oxygens (including phenoxy) is 2. The minimum Gasteiger partial charge on any atom is -0.454 e. The maximum atomic E-state index is 10.1. The molecule has 0 saturated heterocycles. The van der Waals surface area contributed by atoms with Gasteiger partial charge in [-0.05, 0) is 55.7 Å². The number of aliphatic hydroxyl groups is 1. The molecule has 0 unspecified atom stereocenters. The van der Waals surface area contributed by atoms with Crippen LogP contribution < -0.4 is 9.47 Å². The van der Waals surface area contributed by atoms with Gasteiger partial charge in [0.05, 0.1) is 11.8 Å². The van der Waals surface area contributed by atoms with Crippen LogP contribution >= 0.6 is 0 Å². The second kappa shape index (κ2) is 8.27. The van der Waals surface area contributed by atoms with E-state index in [9.17, 15) is 5.11 Å². The highest BCUT2D eigenvalue weighted by Crippen LogP contribution is 2.33. The molecule has 0 spiro atoms. The van der Waals surface area contributed by atoms with Crippen molar-refractivity contribution < 1.29 is 14.6 Å². The van der Waals surface area contributed by atoms with E-state index in [1.165, 1.54) is 16.7 Å². The topological polar surface area (TPSA) is 59.8 Å². The van der Waals surface area contributed by atoms with Gasteiger partial charge in [0.1, 0.15) is 0 Å². The second-order valence-electron chi connectivity index (χ2n) is 7.75.